The average molecular weight is 160 g/mol. The zero-order chi connectivity index (χ0) is 8.55. The predicted octanol–water partition coefficient (Wildman–Crippen LogP) is 1.52. The summed E-state index contributed by atoms with van der Waals surface area (Å²) < 4.78 is 0. The van der Waals surface area contributed by atoms with Gasteiger partial charge in [0.15, 0.2) is 0 Å². The minimum atomic E-state index is 0.244. The molecule has 12 heavy (non-hydrogen) atoms. The Morgan fingerprint density at radius 1 is 1.17 bits per heavy atom. The van der Waals surface area contributed by atoms with E-state index in [0.717, 1.165) is 10.8 Å². The van der Waals surface area contributed by atoms with Crippen molar-refractivity contribution in [1.29, 1.82) is 0 Å². The lowest BCUT2D eigenvalue weighted by molar-refractivity contribution is 0.476. The van der Waals surface area contributed by atoms with Gasteiger partial charge in [0.05, 0.1) is 0 Å². The number of aromatic hydroxyl groups is 1. The minimum absolute atomic E-state index is 0.244. The highest BCUT2D eigenvalue weighted by Crippen LogP contribution is 2.19. The van der Waals surface area contributed by atoms with Gasteiger partial charge in [0.25, 0.3) is 0 Å². The lowest BCUT2D eigenvalue weighted by Crippen LogP contribution is -1.88. The first kappa shape index (κ1) is 6.91. The number of aromatic nitrogens is 1. The highest BCUT2D eigenvalue weighted by Gasteiger charge is 1.95. The molecular formula is C9H8N2O. The van der Waals surface area contributed by atoms with Crippen LogP contribution >= 0.6 is 0 Å². The summed E-state index contributed by atoms with van der Waals surface area (Å²) in [5, 5.41) is 11.0. The van der Waals surface area contributed by atoms with Gasteiger partial charge in [0.1, 0.15) is 11.6 Å². The molecule has 1 heterocycles. The van der Waals surface area contributed by atoms with E-state index in [-0.39, 0.29) is 5.75 Å². The van der Waals surface area contributed by atoms with Gasteiger partial charge >= 0.3 is 0 Å². The van der Waals surface area contributed by atoms with Crippen molar-refractivity contribution in [3.8, 4) is 5.75 Å². The maximum Gasteiger partial charge on any atom is 0.123 e. The molecule has 0 spiro atoms. The summed E-state index contributed by atoms with van der Waals surface area (Å²) in [6.45, 7) is 0. The maximum atomic E-state index is 9.16. The van der Waals surface area contributed by atoms with E-state index < -0.39 is 0 Å². The Hall–Kier alpha value is -1.77. The van der Waals surface area contributed by atoms with E-state index in [1.165, 1.54) is 0 Å². The lowest BCUT2D eigenvalue weighted by atomic mass is 10.2. The fraction of sp³-hybridized carbons (Fsp3) is 0. The molecule has 1 aromatic heterocycles. The van der Waals surface area contributed by atoms with Crippen molar-refractivity contribution < 1.29 is 5.11 Å². The molecule has 0 aliphatic rings. The third-order valence-electron chi connectivity index (χ3n) is 1.73. The quantitative estimate of drug-likeness (QED) is 0.614. The van der Waals surface area contributed by atoms with E-state index in [1.54, 1.807) is 30.5 Å². The predicted molar refractivity (Wildman–Crippen MR) is 47.8 cm³/mol. The standard InChI is InChI=1S/C9H8N2O/c10-9-4-7-3-8(12)2-1-6(7)5-11-9/h1-5,12H,(H2,10,11). The number of rotatable bonds is 0. The van der Waals surface area contributed by atoms with E-state index in [0.29, 0.717) is 5.82 Å². The number of benzene rings is 1. The van der Waals surface area contributed by atoms with Crippen LogP contribution in [0.5, 0.6) is 5.75 Å². The van der Waals surface area contributed by atoms with Crippen LogP contribution < -0.4 is 5.73 Å². The molecule has 0 bridgehead atoms. The largest absolute Gasteiger partial charge is 0.508 e. The third-order valence-corrected chi connectivity index (χ3v) is 1.73. The van der Waals surface area contributed by atoms with Crippen molar-refractivity contribution in [3.63, 3.8) is 0 Å². The zero-order valence-corrected chi connectivity index (χ0v) is 6.36. The molecule has 0 unspecified atom stereocenters. The molecule has 0 aliphatic carbocycles. The van der Waals surface area contributed by atoms with Crippen LogP contribution in [0.25, 0.3) is 10.8 Å². The normalized spacial score (nSPS) is 10.3. The summed E-state index contributed by atoms with van der Waals surface area (Å²) in [7, 11) is 0. The van der Waals surface area contributed by atoms with Gasteiger partial charge in [-0.3, -0.25) is 0 Å². The van der Waals surface area contributed by atoms with Crippen LogP contribution in [-0.4, -0.2) is 10.1 Å². The van der Waals surface area contributed by atoms with Crippen molar-refractivity contribution in [1.82, 2.24) is 4.98 Å². The highest BCUT2D eigenvalue weighted by molar-refractivity contribution is 5.84. The van der Waals surface area contributed by atoms with Crippen LogP contribution in [0.3, 0.4) is 0 Å². The number of pyridine rings is 1. The average Bonchev–Trinajstić information content (AvgIpc) is 2.03. The van der Waals surface area contributed by atoms with Crippen molar-refractivity contribution in [2.45, 2.75) is 0 Å². The monoisotopic (exact) mass is 160 g/mol. The van der Waals surface area contributed by atoms with Gasteiger partial charge in [-0.15, -0.1) is 0 Å². The molecule has 3 heteroatoms. The zero-order valence-electron chi connectivity index (χ0n) is 6.36. The van der Waals surface area contributed by atoms with Crippen LogP contribution in [0.1, 0.15) is 0 Å². The molecular weight excluding hydrogens is 152 g/mol. The molecule has 60 valence electrons. The Balaban J connectivity index is 2.80. The first-order valence-electron chi connectivity index (χ1n) is 3.60. The molecule has 3 nitrogen and oxygen atoms in total. The Kier molecular flexibility index (Phi) is 1.37. The van der Waals surface area contributed by atoms with Gasteiger partial charge in [-0.05, 0) is 29.7 Å². The number of hydrogen-bond donors (Lipinski definition) is 2. The van der Waals surface area contributed by atoms with Crippen LogP contribution in [0.4, 0.5) is 5.82 Å². The second kappa shape index (κ2) is 2.37. The third kappa shape index (κ3) is 1.05. The summed E-state index contributed by atoms with van der Waals surface area (Å²) >= 11 is 0. The number of fused-ring (bicyclic) bond motifs is 1. The minimum Gasteiger partial charge on any atom is -0.508 e. The maximum absolute atomic E-state index is 9.16. The van der Waals surface area contributed by atoms with Gasteiger partial charge in [-0.1, -0.05) is 0 Å². The van der Waals surface area contributed by atoms with E-state index in [9.17, 15) is 0 Å². The van der Waals surface area contributed by atoms with E-state index in [2.05, 4.69) is 4.98 Å². The fourth-order valence-corrected chi connectivity index (χ4v) is 1.15. The molecule has 0 fully saturated rings. The van der Waals surface area contributed by atoms with Crippen molar-refractivity contribution >= 4 is 16.6 Å². The number of phenolic OH excluding ortho intramolecular Hbond substituents is 1. The molecule has 0 saturated carbocycles. The van der Waals surface area contributed by atoms with Gasteiger partial charge in [0, 0.05) is 11.6 Å². The second-order valence-corrected chi connectivity index (χ2v) is 2.64. The fourth-order valence-electron chi connectivity index (χ4n) is 1.15. The van der Waals surface area contributed by atoms with E-state index in [1.807, 2.05) is 0 Å². The Morgan fingerprint density at radius 2 is 2.00 bits per heavy atom. The summed E-state index contributed by atoms with van der Waals surface area (Å²) in [5.41, 5.74) is 5.48. The first-order valence-corrected chi connectivity index (χ1v) is 3.60. The Morgan fingerprint density at radius 3 is 2.83 bits per heavy atom. The van der Waals surface area contributed by atoms with Gasteiger partial charge in [-0.25, -0.2) is 4.98 Å². The van der Waals surface area contributed by atoms with Crippen LogP contribution in [0.2, 0.25) is 0 Å². The molecule has 0 aliphatic heterocycles. The first-order chi connectivity index (χ1) is 5.75. The van der Waals surface area contributed by atoms with E-state index >= 15 is 0 Å². The highest BCUT2D eigenvalue weighted by atomic mass is 16.3. The Labute approximate surface area is 69.5 Å². The number of nitrogens with zero attached hydrogens (tertiary/aromatic N) is 1. The van der Waals surface area contributed by atoms with Crippen molar-refractivity contribution in [2.75, 3.05) is 5.73 Å². The molecule has 0 amide bonds. The lowest BCUT2D eigenvalue weighted by Gasteiger charge is -1.98. The van der Waals surface area contributed by atoms with Gasteiger partial charge in [-0.2, -0.15) is 0 Å². The summed E-state index contributed by atoms with van der Waals surface area (Å²) in [5.74, 6) is 0.709. The van der Waals surface area contributed by atoms with Gasteiger partial charge < -0.3 is 10.8 Å². The molecule has 3 N–H and O–H groups in total. The molecule has 0 atom stereocenters. The van der Waals surface area contributed by atoms with Crippen LogP contribution in [0.15, 0.2) is 30.5 Å². The summed E-state index contributed by atoms with van der Waals surface area (Å²) in [6, 6.07) is 6.82. The van der Waals surface area contributed by atoms with Crippen molar-refractivity contribution in [3.05, 3.63) is 30.5 Å². The smallest absolute Gasteiger partial charge is 0.123 e. The number of anilines is 1. The Bertz CT molecular complexity index is 389. The second-order valence-electron chi connectivity index (χ2n) is 2.64. The summed E-state index contributed by atoms with van der Waals surface area (Å²) in [6.07, 6.45) is 1.68. The van der Waals surface area contributed by atoms with Crippen LogP contribution in [-0.2, 0) is 0 Å². The van der Waals surface area contributed by atoms with Crippen LogP contribution in [0, 0.1) is 0 Å². The molecule has 2 rings (SSSR count). The van der Waals surface area contributed by atoms with Crippen molar-refractivity contribution in [2.24, 2.45) is 0 Å². The molecule has 0 saturated heterocycles. The topological polar surface area (TPSA) is 59.1 Å². The number of phenols is 1. The van der Waals surface area contributed by atoms with E-state index in [4.69, 9.17) is 10.8 Å². The molecule has 2 aromatic rings. The molecule has 1 aromatic carbocycles. The molecule has 0 radical (unpaired) electrons. The SMILES string of the molecule is Nc1cc2cc(O)ccc2cn1. The summed E-state index contributed by atoms with van der Waals surface area (Å²) in [4.78, 5) is 3.93. The number of hydrogen-bond acceptors (Lipinski definition) is 3. The van der Waals surface area contributed by atoms with Gasteiger partial charge in [0.2, 0.25) is 0 Å². The number of nitrogens with two attached hydrogens (primary N) is 1. The number of nitrogen functional groups attached to an aromatic ring is 1.